The van der Waals surface area contributed by atoms with Crippen LogP contribution in [0.4, 0.5) is 10.2 Å². The Kier molecular flexibility index (Phi) is 5.68. The molecule has 0 aliphatic carbocycles. The van der Waals surface area contributed by atoms with Gasteiger partial charge in [0.1, 0.15) is 11.6 Å². The van der Waals surface area contributed by atoms with Crippen molar-refractivity contribution in [1.29, 1.82) is 0 Å². The lowest BCUT2D eigenvalue weighted by Gasteiger charge is -2.17. The number of carbonyl (C=O) groups excluding carboxylic acids is 1. The third-order valence-electron chi connectivity index (χ3n) is 5.69. The Hall–Kier alpha value is -2.99. The smallest absolute Gasteiger partial charge is 0.227 e. The molecule has 0 fully saturated rings. The average molecular weight is 407 g/mol. The first-order valence-electron chi connectivity index (χ1n) is 10.3. The number of nitrogens with zero attached hydrogens (tertiary/aromatic N) is 3. The van der Waals surface area contributed by atoms with Gasteiger partial charge in [-0.25, -0.2) is 9.07 Å². The molecule has 1 aromatic heterocycles. The maximum atomic E-state index is 15.0. The zero-order chi connectivity index (χ0) is 21.3. The van der Waals surface area contributed by atoms with E-state index in [0.29, 0.717) is 18.5 Å². The van der Waals surface area contributed by atoms with Crippen molar-refractivity contribution in [3.05, 3.63) is 71.2 Å². The molecule has 1 amide bonds. The first-order valence-corrected chi connectivity index (χ1v) is 10.3. The summed E-state index contributed by atoms with van der Waals surface area (Å²) < 4.78 is 16.8. The molecule has 1 unspecified atom stereocenters. The summed E-state index contributed by atoms with van der Waals surface area (Å²) in [5.74, 6) is 0.483. The third-order valence-corrected chi connectivity index (χ3v) is 5.69. The van der Waals surface area contributed by atoms with E-state index in [1.165, 1.54) is 0 Å². The predicted molar refractivity (Wildman–Crippen MR) is 117 cm³/mol. The van der Waals surface area contributed by atoms with Gasteiger partial charge in [0, 0.05) is 30.0 Å². The van der Waals surface area contributed by atoms with E-state index in [2.05, 4.69) is 10.2 Å². The summed E-state index contributed by atoms with van der Waals surface area (Å²) in [6.45, 7) is 3.46. The summed E-state index contributed by atoms with van der Waals surface area (Å²) in [6.07, 6.45) is 1.20. The highest BCUT2D eigenvalue weighted by molar-refractivity contribution is 5.92. The van der Waals surface area contributed by atoms with Crippen LogP contribution in [-0.4, -0.2) is 41.2 Å². The lowest BCUT2D eigenvalue weighted by Crippen LogP contribution is -2.24. The summed E-state index contributed by atoms with van der Waals surface area (Å²) >= 11 is 0. The van der Waals surface area contributed by atoms with Crippen LogP contribution in [0.1, 0.15) is 36.1 Å². The summed E-state index contributed by atoms with van der Waals surface area (Å²) in [7, 11) is 4.05. The lowest BCUT2D eigenvalue weighted by molar-refractivity contribution is -0.116. The van der Waals surface area contributed by atoms with Crippen LogP contribution < -0.4 is 5.32 Å². The van der Waals surface area contributed by atoms with Gasteiger partial charge in [-0.3, -0.25) is 4.79 Å². The van der Waals surface area contributed by atoms with Gasteiger partial charge in [0.15, 0.2) is 0 Å². The Labute approximate surface area is 176 Å². The van der Waals surface area contributed by atoms with Crippen molar-refractivity contribution in [2.75, 3.05) is 26.0 Å². The van der Waals surface area contributed by atoms with Gasteiger partial charge in [0.25, 0.3) is 0 Å². The predicted octanol–water partition coefficient (Wildman–Crippen LogP) is 4.29. The number of benzene rings is 2. The van der Waals surface area contributed by atoms with Crippen LogP contribution in [-0.2, 0) is 17.8 Å². The molecule has 1 atom stereocenters. The van der Waals surface area contributed by atoms with Crippen LogP contribution in [0.25, 0.3) is 11.1 Å². The van der Waals surface area contributed by atoms with Crippen LogP contribution in [0.15, 0.2) is 48.5 Å². The molecule has 0 spiro atoms. The van der Waals surface area contributed by atoms with E-state index in [4.69, 9.17) is 5.10 Å². The number of nitrogens with one attached hydrogen (secondary N) is 1. The second kappa shape index (κ2) is 8.40. The van der Waals surface area contributed by atoms with Gasteiger partial charge >= 0.3 is 0 Å². The number of likely N-dealkylation sites (N-methyl/N-ethyl adjacent to an activating group) is 1. The molecule has 3 aromatic rings. The molecule has 4 rings (SSSR count). The minimum absolute atomic E-state index is 0.0194. The second-order valence-corrected chi connectivity index (χ2v) is 8.11. The molecule has 1 aliphatic heterocycles. The normalized spacial score (nSPS) is 14.5. The first kappa shape index (κ1) is 20.3. The topological polar surface area (TPSA) is 50.2 Å². The number of carbonyl (C=O) groups is 1. The van der Waals surface area contributed by atoms with E-state index in [0.717, 1.165) is 41.2 Å². The van der Waals surface area contributed by atoms with Gasteiger partial charge in [-0.2, -0.15) is 5.10 Å². The minimum Gasteiger partial charge on any atom is -0.311 e. The number of amides is 1. The number of aromatic nitrogens is 2. The van der Waals surface area contributed by atoms with Crippen molar-refractivity contribution in [2.24, 2.45) is 0 Å². The Bertz CT molecular complexity index is 1060. The fourth-order valence-corrected chi connectivity index (χ4v) is 3.96. The number of rotatable bonds is 6. The Morgan fingerprint density at radius 1 is 1.20 bits per heavy atom. The highest BCUT2D eigenvalue weighted by Gasteiger charge is 2.27. The van der Waals surface area contributed by atoms with Crippen molar-refractivity contribution in [3.63, 3.8) is 0 Å². The number of anilines is 1. The summed E-state index contributed by atoms with van der Waals surface area (Å²) in [6, 6.07) is 15.0. The lowest BCUT2D eigenvalue weighted by atomic mass is 9.92. The molecule has 0 saturated carbocycles. The zero-order valence-electron chi connectivity index (χ0n) is 17.7. The van der Waals surface area contributed by atoms with E-state index in [1.807, 2.05) is 68.2 Å². The Balaban J connectivity index is 1.70. The molecule has 1 aliphatic rings. The molecule has 0 bridgehead atoms. The van der Waals surface area contributed by atoms with Gasteiger partial charge < -0.3 is 10.2 Å². The van der Waals surface area contributed by atoms with Crippen molar-refractivity contribution < 1.29 is 9.18 Å². The summed E-state index contributed by atoms with van der Waals surface area (Å²) in [5.41, 5.74) is 4.27. The maximum Gasteiger partial charge on any atom is 0.227 e. The number of halogens is 1. The van der Waals surface area contributed by atoms with Crippen LogP contribution in [0, 0.1) is 5.82 Å². The molecular formula is C24H27FN4O. The van der Waals surface area contributed by atoms with E-state index in [1.54, 1.807) is 6.07 Å². The maximum absolute atomic E-state index is 15.0. The quantitative estimate of drug-likeness (QED) is 0.665. The van der Waals surface area contributed by atoms with Crippen LogP contribution >= 0.6 is 0 Å². The fourth-order valence-electron chi connectivity index (χ4n) is 3.96. The van der Waals surface area contributed by atoms with Crippen molar-refractivity contribution >= 4 is 11.7 Å². The van der Waals surface area contributed by atoms with Gasteiger partial charge in [-0.05, 0) is 37.7 Å². The highest BCUT2D eigenvalue weighted by atomic mass is 19.1. The van der Waals surface area contributed by atoms with Crippen molar-refractivity contribution in [3.8, 4) is 11.1 Å². The van der Waals surface area contributed by atoms with Gasteiger partial charge in [-0.1, -0.05) is 49.4 Å². The van der Waals surface area contributed by atoms with Gasteiger partial charge in [0.2, 0.25) is 5.91 Å². The molecule has 2 aromatic carbocycles. The van der Waals surface area contributed by atoms with Gasteiger partial charge in [0.05, 0.1) is 12.2 Å². The second-order valence-electron chi connectivity index (χ2n) is 8.11. The summed E-state index contributed by atoms with van der Waals surface area (Å²) in [5, 5.41) is 7.80. The van der Waals surface area contributed by atoms with Crippen LogP contribution in [0.2, 0.25) is 0 Å². The molecule has 156 valence electrons. The highest BCUT2D eigenvalue weighted by Crippen LogP contribution is 2.34. The number of hydrogen-bond donors (Lipinski definition) is 1. The van der Waals surface area contributed by atoms with E-state index < -0.39 is 0 Å². The van der Waals surface area contributed by atoms with Crippen LogP contribution in [0.5, 0.6) is 0 Å². The van der Waals surface area contributed by atoms with E-state index in [-0.39, 0.29) is 17.6 Å². The van der Waals surface area contributed by atoms with Crippen molar-refractivity contribution in [2.45, 2.75) is 32.2 Å². The van der Waals surface area contributed by atoms with Crippen LogP contribution in [0.3, 0.4) is 0 Å². The van der Waals surface area contributed by atoms with E-state index >= 15 is 0 Å². The molecule has 6 heteroatoms. The molecule has 1 N–H and O–H groups in total. The zero-order valence-corrected chi connectivity index (χ0v) is 17.7. The first-order chi connectivity index (χ1) is 14.4. The largest absolute Gasteiger partial charge is 0.311 e. The number of aryl methyl sites for hydroxylation is 1. The molecule has 30 heavy (non-hydrogen) atoms. The molecular weight excluding hydrogens is 379 g/mol. The number of hydrogen-bond acceptors (Lipinski definition) is 3. The Morgan fingerprint density at radius 2 is 1.97 bits per heavy atom. The third kappa shape index (κ3) is 4.00. The molecule has 2 heterocycles. The molecule has 0 radical (unpaired) electrons. The van der Waals surface area contributed by atoms with Gasteiger partial charge in [-0.15, -0.1) is 0 Å². The number of fused-ring (bicyclic) bond motifs is 1. The fraction of sp³-hybridized carbons (Fsp3) is 0.333. The minimum atomic E-state index is -0.238. The van der Waals surface area contributed by atoms with E-state index in [9.17, 15) is 9.18 Å². The van der Waals surface area contributed by atoms with Crippen molar-refractivity contribution in [1.82, 2.24) is 14.7 Å². The Morgan fingerprint density at radius 3 is 2.67 bits per heavy atom. The SMILES string of the molecule is CC(c1ccc(-c2ccccc2)c(F)c1)c1nn2c(c1CCN(C)C)NC(=O)CC2. The molecule has 0 saturated heterocycles. The molecule has 5 nitrogen and oxygen atoms in total. The standard InChI is InChI=1S/C24H27FN4O/c1-16(18-9-10-19(21(25)15-18)17-7-5-4-6-8-17)23-20(11-13-28(2)3)24-26-22(30)12-14-29(24)27-23/h4-10,15-16H,11-14H2,1-3H3,(H,26,30). The monoisotopic (exact) mass is 406 g/mol. The summed E-state index contributed by atoms with van der Waals surface area (Å²) in [4.78, 5) is 14.1. The average Bonchev–Trinajstić information content (AvgIpc) is 3.09.